The number of aryl methyl sites for hydroxylation is 4. The molecule has 2 aromatic carbocycles. The van der Waals surface area contributed by atoms with E-state index in [1.807, 2.05) is 0 Å². The van der Waals surface area contributed by atoms with Gasteiger partial charge in [-0.05, 0) is 55.5 Å². The molecule has 2 aromatic rings. The highest BCUT2D eigenvalue weighted by Gasteiger charge is 2.07. The summed E-state index contributed by atoms with van der Waals surface area (Å²) in [5.74, 6) is 1.51. The van der Waals surface area contributed by atoms with Gasteiger partial charge in [0.2, 0.25) is 0 Å². The number of hydrogen-bond acceptors (Lipinski definition) is 1. The van der Waals surface area contributed by atoms with Gasteiger partial charge in [-0.2, -0.15) is 0 Å². The van der Waals surface area contributed by atoms with Crippen LogP contribution in [0, 0.1) is 27.7 Å². The Hall–Kier alpha value is -1.47. The number of benzene rings is 2. The van der Waals surface area contributed by atoms with Crippen LogP contribution in [0.4, 0.5) is 0 Å². The predicted octanol–water partition coefficient (Wildman–Crippen LogP) is 5.24. The van der Waals surface area contributed by atoms with Crippen LogP contribution in [0.5, 0.6) is 5.75 Å². The van der Waals surface area contributed by atoms with Crippen molar-refractivity contribution < 1.29 is 4.74 Å². The minimum absolute atomic E-state index is 0.541. The first kappa shape index (κ1) is 14.9. The molecule has 0 aliphatic carbocycles. The SMILES string of the molecule is Cc1ccc(C)c(COc2c(C)cc(CCl)cc2C)c1. The van der Waals surface area contributed by atoms with Crippen LogP contribution in [0.2, 0.25) is 0 Å². The van der Waals surface area contributed by atoms with Gasteiger partial charge < -0.3 is 4.74 Å². The number of hydrogen-bond donors (Lipinski definition) is 0. The van der Waals surface area contributed by atoms with Gasteiger partial charge in [0.05, 0.1) is 0 Å². The lowest BCUT2D eigenvalue weighted by molar-refractivity contribution is 0.301. The second-order valence-corrected chi connectivity index (χ2v) is 5.68. The second kappa shape index (κ2) is 6.32. The molecule has 0 bridgehead atoms. The Bertz CT molecular complexity index is 594. The Kier molecular flexibility index (Phi) is 4.72. The second-order valence-electron chi connectivity index (χ2n) is 5.41. The van der Waals surface area contributed by atoms with Crippen molar-refractivity contribution in [3.63, 3.8) is 0 Å². The fourth-order valence-corrected chi connectivity index (χ4v) is 2.60. The van der Waals surface area contributed by atoms with Crippen LogP contribution in [0.25, 0.3) is 0 Å². The fourth-order valence-electron chi connectivity index (χ4n) is 2.45. The van der Waals surface area contributed by atoms with Crippen molar-refractivity contribution in [2.75, 3.05) is 0 Å². The van der Waals surface area contributed by atoms with Crippen LogP contribution in [-0.2, 0) is 12.5 Å². The Balaban J connectivity index is 2.21. The molecule has 0 saturated heterocycles. The van der Waals surface area contributed by atoms with Crippen molar-refractivity contribution in [2.45, 2.75) is 40.2 Å². The summed E-state index contributed by atoms with van der Waals surface area (Å²) < 4.78 is 6.05. The van der Waals surface area contributed by atoms with Crippen LogP contribution >= 0.6 is 11.6 Å². The van der Waals surface area contributed by atoms with Crippen LogP contribution in [0.3, 0.4) is 0 Å². The van der Waals surface area contributed by atoms with Crippen molar-refractivity contribution in [3.05, 3.63) is 63.7 Å². The van der Waals surface area contributed by atoms with Crippen molar-refractivity contribution >= 4 is 11.6 Å². The highest BCUT2D eigenvalue weighted by molar-refractivity contribution is 6.17. The van der Waals surface area contributed by atoms with Gasteiger partial charge in [-0.3, -0.25) is 0 Å². The Morgan fingerprint density at radius 3 is 2.15 bits per heavy atom. The van der Waals surface area contributed by atoms with Crippen LogP contribution < -0.4 is 4.74 Å². The molecule has 0 radical (unpaired) electrons. The number of rotatable bonds is 4. The largest absolute Gasteiger partial charge is 0.488 e. The van der Waals surface area contributed by atoms with Crippen molar-refractivity contribution in [1.82, 2.24) is 0 Å². The molecule has 0 fully saturated rings. The zero-order valence-electron chi connectivity index (χ0n) is 12.6. The summed E-state index contributed by atoms with van der Waals surface area (Å²) in [5, 5.41) is 0. The predicted molar refractivity (Wildman–Crippen MR) is 85.7 cm³/mol. The van der Waals surface area contributed by atoms with Crippen molar-refractivity contribution in [1.29, 1.82) is 0 Å². The molecule has 0 aliphatic rings. The maximum atomic E-state index is 6.05. The lowest BCUT2D eigenvalue weighted by Crippen LogP contribution is -2.02. The molecule has 0 unspecified atom stereocenters. The average molecular weight is 289 g/mol. The van der Waals surface area contributed by atoms with E-state index in [0.717, 1.165) is 22.4 Å². The molecule has 106 valence electrons. The average Bonchev–Trinajstić information content (AvgIpc) is 2.41. The van der Waals surface area contributed by atoms with E-state index in [0.29, 0.717) is 12.5 Å². The summed E-state index contributed by atoms with van der Waals surface area (Å²) in [5.41, 5.74) is 7.20. The summed E-state index contributed by atoms with van der Waals surface area (Å²) in [6, 6.07) is 10.7. The quantitative estimate of drug-likeness (QED) is 0.699. The van der Waals surface area contributed by atoms with Crippen LogP contribution in [0.15, 0.2) is 30.3 Å². The van der Waals surface area contributed by atoms with E-state index in [1.54, 1.807) is 0 Å². The van der Waals surface area contributed by atoms with E-state index in [-0.39, 0.29) is 0 Å². The third kappa shape index (κ3) is 3.34. The topological polar surface area (TPSA) is 9.23 Å². The van der Waals surface area contributed by atoms with Gasteiger partial charge in [0.1, 0.15) is 12.4 Å². The highest BCUT2D eigenvalue weighted by Crippen LogP contribution is 2.27. The summed E-state index contributed by atoms with van der Waals surface area (Å²) in [4.78, 5) is 0. The minimum atomic E-state index is 0.541. The van der Waals surface area contributed by atoms with E-state index < -0.39 is 0 Å². The molecule has 0 spiro atoms. The first-order chi connectivity index (χ1) is 9.51. The maximum Gasteiger partial charge on any atom is 0.125 e. The first-order valence-corrected chi connectivity index (χ1v) is 7.39. The Morgan fingerprint density at radius 1 is 0.900 bits per heavy atom. The van der Waals surface area contributed by atoms with Gasteiger partial charge in [0.25, 0.3) is 0 Å². The van der Waals surface area contributed by atoms with Gasteiger partial charge in [-0.25, -0.2) is 0 Å². The van der Waals surface area contributed by atoms with Gasteiger partial charge >= 0.3 is 0 Å². The Morgan fingerprint density at radius 2 is 1.55 bits per heavy atom. The normalized spacial score (nSPS) is 10.7. The van der Waals surface area contributed by atoms with E-state index in [4.69, 9.17) is 16.3 Å². The minimum Gasteiger partial charge on any atom is -0.488 e. The molecule has 2 rings (SSSR count). The van der Waals surface area contributed by atoms with E-state index in [1.165, 1.54) is 16.7 Å². The molecule has 20 heavy (non-hydrogen) atoms. The molecule has 0 saturated carbocycles. The summed E-state index contributed by atoms with van der Waals surface area (Å²) >= 11 is 5.89. The lowest BCUT2D eigenvalue weighted by atomic mass is 10.1. The standard InChI is InChI=1S/C18H21ClO/c1-12-5-6-13(2)17(7-12)11-20-18-14(3)8-16(10-19)9-15(18)4/h5-9H,10-11H2,1-4H3. The molecular formula is C18H21ClO. The zero-order valence-corrected chi connectivity index (χ0v) is 13.3. The van der Waals surface area contributed by atoms with Crippen LogP contribution in [-0.4, -0.2) is 0 Å². The van der Waals surface area contributed by atoms with Gasteiger partial charge in [0.15, 0.2) is 0 Å². The molecule has 0 aliphatic heterocycles. The van der Waals surface area contributed by atoms with Crippen LogP contribution in [0.1, 0.15) is 33.4 Å². The number of halogens is 1. The Labute approximate surface area is 126 Å². The first-order valence-electron chi connectivity index (χ1n) is 6.86. The maximum absolute atomic E-state index is 6.05. The monoisotopic (exact) mass is 288 g/mol. The molecular weight excluding hydrogens is 268 g/mol. The third-order valence-corrected chi connectivity index (χ3v) is 3.86. The molecule has 0 atom stereocenters. The highest BCUT2D eigenvalue weighted by atomic mass is 35.5. The van der Waals surface area contributed by atoms with Gasteiger partial charge in [0, 0.05) is 5.88 Å². The summed E-state index contributed by atoms with van der Waals surface area (Å²) in [6.07, 6.45) is 0. The molecule has 2 heteroatoms. The molecule has 0 amide bonds. The third-order valence-electron chi connectivity index (χ3n) is 3.55. The van der Waals surface area contributed by atoms with Gasteiger partial charge in [-0.15, -0.1) is 11.6 Å². The zero-order chi connectivity index (χ0) is 14.7. The molecule has 0 heterocycles. The summed E-state index contributed by atoms with van der Waals surface area (Å²) in [6.45, 7) is 8.97. The smallest absolute Gasteiger partial charge is 0.125 e. The lowest BCUT2D eigenvalue weighted by Gasteiger charge is -2.15. The van der Waals surface area contributed by atoms with E-state index in [9.17, 15) is 0 Å². The van der Waals surface area contributed by atoms with E-state index >= 15 is 0 Å². The fraction of sp³-hybridized carbons (Fsp3) is 0.333. The molecule has 0 N–H and O–H groups in total. The van der Waals surface area contributed by atoms with Gasteiger partial charge in [-0.1, -0.05) is 35.9 Å². The van der Waals surface area contributed by atoms with Crippen molar-refractivity contribution in [2.24, 2.45) is 0 Å². The molecule has 1 nitrogen and oxygen atoms in total. The molecule has 0 aromatic heterocycles. The number of ether oxygens (including phenoxy) is 1. The summed E-state index contributed by atoms with van der Waals surface area (Å²) in [7, 11) is 0. The van der Waals surface area contributed by atoms with Crippen molar-refractivity contribution in [3.8, 4) is 5.75 Å². The van der Waals surface area contributed by atoms with E-state index in [2.05, 4.69) is 58.0 Å². The number of alkyl halides is 1.